The van der Waals surface area contributed by atoms with Crippen molar-refractivity contribution in [1.82, 2.24) is 14.9 Å². The molecule has 0 atom stereocenters. The van der Waals surface area contributed by atoms with Gasteiger partial charge in [-0.15, -0.1) is 0 Å². The molecule has 2 heterocycles. The number of aliphatic hydroxyl groups excluding tert-OH is 1. The highest BCUT2D eigenvalue weighted by atomic mass is 35.5. The van der Waals surface area contributed by atoms with Gasteiger partial charge in [0, 0.05) is 30.1 Å². The number of nitrogens with one attached hydrogen (secondary N) is 1. The van der Waals surface area contributed by atoms with Gasteiger partial charge in [0.1, 0.15) is 11.4 Å². The molecule has 0 spiro atoms. The normalized spacial score (nSPS) is 12.3. The average Bonchev–Trinajstić information content (AvgIpc) is 3.25. The third-order valence-electron chi connectivity index (χ3n) is 6.11. The molecule has 0 aliphatic carbocycles. The molecule has 0 fully saturated rings. The lowest BCUT2D eigenvalue weighted by Gasteiger charge is -2.20. The largest absolute Gasteiger partial charge is 0.491 e. The Balaban J connectivity index is 1.69. The van der Waals surface area contributed by atoms with E-state index in [1.807, 2.05) is 12.1 Å². The van der Waals surface area contributed by atoms with Crippen LogP contribution in [-0.4, -0.2) is 73.4 Å². The van der Waals surface area contributed by atoms with E-state index >= 15 is 0 Å². The van der Waals surface area contributed by atoms with E-state index in [4.69, 9.17) is 21.4 Å². The number of alkyl halides is 2. The minimum Gasteiger partial charge on any atom is -0.491 e. The van der Waals surface area contributed by atoms with Gasteiger partial charge in [0.15, 0.2) is 9.84 Å². The molecule has 2 aromatic carbocycles. The van der Waals surface area contributed by atoms with E-state index in [1.165, 1.54) is 11.1 Å². The highest BCUT2D eigenvalue weighted by Crippen LogP contribution is 2.40. The number of aliphatic hydroxyl groups is 1. The number of benzene rings is 2. The molecule has 0 radical (unpaired) electrons. The molecule has 2 aromatic heterocycles. The molecule has 0 saturated carbocycles. The lowest BCUT2D eigenvalue weighted by molar-refractivity contribution is 0.0755. The first-order chi connectivity index (χ1) is 17.7. The van der Waals surface area contributed by atoms with Crippen molar-refractivity contribution < 1.29 is 27.0 Å². The van der Waals surface area contributed by atoms with Gasteiger partial charge in [-0.25, -0.2) is 22.2 Å². The topological polar surface area (TPSA) is 95.5 Å². The third kappa shape index (κ3) is 6.20. The molecular weight excluding hydrogens is 524 g/mol. The lowest BCUT2D eigenvalue weighted by Crippen LogP contribution is -2.33. The Bertz CT molecular complexity index is 1490. The molecule has 0 bridgehead atoms. The Hall–Kier alpha value is -2.79. The summed E-state index contributed by atoms with van der Waals surface area (Å²) < 4.78 is 56.6. The maximum Gasteiger partial charge on any atom is 0.251 e. The fourth-order valence-corrected chi connectivity index (χ4v) is 5.40. The summed E-state index contributed by atoms with van der Waals surface area (Å²) in [5.74, 6) is 0.547. The minimum atomic E-state index is -3.39. The molecule has 4 aromatic rings. The number of fused-ring (bicyclic) bond motifs is 3. The SMILES string of the molecule is CCS(=O)(=O)c1cccc(-c2ccc(OCCCN(CCO)CC(F)F)c3[nH]c4ncc(Cl)cc4c23)c1. The van der Waals surface area contributed by atoms with Gasteiger partial charge >= 0.3 is 0 Å². The number of aromatic nitrogens is 2. The average molecular weight is 552 g/mol. The van der Waals surface area contributed by atoms with Crippen molar-refractivity contribution in [3.05, 3.63) is 53.7 Å². The number of rotatable bonds is 12. The van der Waals surface area contributed by atoms with Crippen molar-refractivity contribution in [1.29, 1.82) is 0 Å². The van der Waals surface area contributed by atoms with Crippen LogP contribution in [0.2, 0.25) is 5.02 Å². The molecule has 7 nitrogen and oxygen atoms in total. The van der Waals surface area contributed by atoms with Crippen molar-refractivity contribution in [3.8, 4) is 16.9 Å². The van der Waals surface area contributed by atoms with Gasteiger partial charge in [0.2, 0.25) is 0 Å². The summed E-state index contributed by atoms with van der Waals surface area (Å²) in [6, 6.07) is 12.2. The number of nitrogens with zero attached hydrogens (tertiary/aromatic N) is 2. The second-order valence-electron chi connectivity index (χ2n) is 8.58. The van der Waals surface area contributed by atoms with Crippen LogP contribution in [0.4, 0.5) is 8.78 Å². The number of hydrogen-bond acceptors (Lipinski definition) is 6. The first kappa shape index (κ1) is 27.3. The molecular formula is C26H28ClF2N3O4S. The Morgan fingerprint density at radius 1 is 1.19 bits per heavy atom. The van der Waals surface area contributed by atoms with Crippen molar-refractivity contribution in [2.24, 2.45) is 0 Å². The molecule has 0 saturated heterocycles. The highest BCUT2D eigenvalue weighted by molar-refractivity contribution is 7.91. The molecule has 0 unspecified atom stereocenters. The lowest BCUT2D eigenvalue weighted by atomic mass is 9.99. The number of halogens is 3. The summed E-state index contributed by atoms with van der Waals surface area (Å²) in [7, 11) is -3.39. The van der Waals surface area contributed by atoms with Crippen LogP contribution in [0.1, 0.15) is 13.3 Å². The molecule has 11 heteroatoms. The Kier molecular flexibility index (Phi) is 8.63. The molecule has 0 aliphatic rings. The summed E-state index contributed by atoms with van der Waals surface area (Å²) in [6.45, 7) is 1.81. The maximum absolute atomic E-state index is 12.8. The smallest absolute Gasteiger partial charge is 0.251 e. The van der Waals surface area contributed by atoms with E-state index in [1.54, 1.807) is 37.3 Å². The van der Waals surface area contributed by atoms with E-state index in [9.17, 15) is 17.2 Å². The second-order valence-corrected chi connectivity index (χ2v) is 11.3. The van der Waals surface area contributed by atoms with Crippen LogP contribution in [0.15, 0.2) is 53.6 Å². The summed E-state index contributed by atoms with van der Waals surface area (Å²) >= 11 is 6.25. The zero-order valence-electron chi connectivity index (χ0n) is 20.3. The Morgan fingerprint density at radius 2 is 2.00 bits per heavy atom. The van der Waals surface area contributed by atoms with Gasteiger partial charge in [0.05, 0.1) is 40.9 Å². The molecule has 198 valence electrons. The molecule has 0 aliphatic heterocycles. The van der Waals surface area contributed by atoms with Crippen LogP contribution >= 0.6 is 11.6 Å². The van der Waals surface area contributed by atoms with Gasteiger partial charge in [-0.05, 0) is 47.9 Å². The Morgan fingerprint density at radius 3 is 2.73 bits per heavy atom. The van der Waals surface area contributed by atoms with Gasteiger partial charge < -0.3 is 14.8 Å². The van der Waals surface area contributed by atoms with E-state index in [0.29, 0.717) is 34.9 Å². The fourth-order valence-electron chi connectivity index (χ4n) is 4.32. The zero-order chi connectivity index (χ0) is 26.6. The van der Waals surface area contributed by atoms with Gasteiger partial charge in [-0.1, -0.05) is 30.7 Å². The summed E-state index contributed by atoms with van der Waals surface area (Å²) in [5, 5.41) is 11.1. The van der Waals surface area contributed by atoms with Crippen LogP contribution in [0.5, 0.6) is 5.75 Å². The van der Waals surface area contributed by atoms with Gasteiger partial charge in [0.25, 0.3) is 6.43 Å². The number of sulfone groups is 1. The third-order valence-corrected chi connectivity index (χ3v) is 8.05. The number of hydrogen-bond donors (Lipinski definition) is 2. The quantitative estimate of drug-likeness (QED) is 0.236. The van der Waals surface area contributed by atoms with Crippen molar-refractivity contribution in [2.45, 2.75) is 24.7 Å². The number of pyridine rings is 1. The van der Waals surface area contributed by atoms with E-state index in [2.05, 4.69) is 9.97 Å². The van der Waals surface area contributed by atoms with Crippen LogP contribution in [-0.2, 0) is 9.84 Å². The van der Waals surface area contributed by atoms with Crippen LogP contribution in [0, 0.1) is 0 Å². The van der Waals surface area contributed by atoms with Crippen LogP contribution in [0.25, 0.3) is 33.1 Å². The molecule has 37 heavy (non-hydrogen) atoms. The van der Waals surface area contributed by atoms with E-state index < -0.39 is 22.8 Å². The predicted molar refractivity (Wildman–Crippen MR) is 141 cm³/mol. The maximum atomic E-state index is 12.8. The minimum absolute atomic E-state index is 0.00168. The summed E-state index contributed by atoms with van der Waals surface area (Å²) in [6.07, 6.45) is -0.458. The second kappa shape index (κ2) is 11.7. The Labute approximate surface area is 218 Å². The van der Waals surface area contributed by atoms with Gasteiger partial charge in [-0.3, -0.25) is 4.90 Å². The van der Waals surface area contributed by atoms with Crippen molar-refractivity contribution >= 4 is 43.4 Å². The monoisotopic (exact) mass is 551 g/mol. The number of aromatic amines is 1. The first-order valence-corrected chi connectivity index (χ1v) is 13.9. The zero-order valence-corrected chi connectivity index (χ0v) is 21.8. The van der Waals surface area contributed by atoms with Crippen LogP contribution in [0.3, 0.4) is 0 Å². The van der Waals surface area contributed by atoms with Crippen molar-refractivity contribution in [3.63, 3.8) is 0 Å². The molecule has 2 N–H and O–H groups in total. The predicted octanol–water partition coefficient (Wildman–Crippen LogP) is 5.16. The number of ether oxygens (including phenoxy) is 1. The summed E-state index contributed by atoms with van der Waals surface area (Å²) in [4.78, 5) is 9.41. The fraction of sp³-hybridized carbons (Fsp3) is 0.346. The van der Waals surface area contributed by atoms with E-state index in [-0.39, 0.29) is 30.4 Å². The van der Waals surface area contributed by atoms with Gasteiger partial charge in [-0.2, -0.15) is 0 Å². The number of H-pyrrole nitrogens is 1. The van der Waals surface area contributed by atoms with Crippen LogP contribution < -0.4 is 4.74 Å². The van der Waals surface area contributed by atoms with E-state index in [0.717, 1.165) is 21.9 Å². The molecule has 4 rings (SSSR count). The standard InChI is InChI=1S/C26H28ClF2N3O4S/c1-2-37(34,35)19-6-3-5-17(13-19)20-7-8-22(36-12-4-9-32(10-11-33)16-23(28)29)25-24(20)21-14-18(27)15-30-26(21)31-25/h3,5-8,13-15,23,33H,2,4,9-12,16H2,1H3,(H,30,31). The van der Waals surface area contributed by atoms with Crippen molar-refractivity contribution in [2.75, 3.05) is 38.6 Å². The highest BCUT2D eigenvalue weighted by Gasteiger charge is 2.18. The first-order valence-electron chi connectivity index (χ1n) is 11.9. The summed E-state index contributed by atoms with van der Waals surface area (Å²) in [5.41, 5.74) is 2.78. The molecule has 0 amide bonds.